The zero-order valence-corrected chi connectivity index (χ0v) is 10.2. The Balaban J connectivity index is 3.34. The molecule has 18 heavy (non-hydrogen) atoms. The largest absolute Gasteiger partial charge is 0.477 e. The molecular formula is C14H15NO3. The van der Waals surface area contributed by atoms with Gasteiger partial charge in [0.2, 0.25) is 0 Å². The molecule has 4 nitrogen and oxygen atoms in total. The topological polar surface area (TPSA) is 59.3 Å². The summed E-state index contributed by atoms with van der Waals surface area (Å²) in [6.45, 7) is 9.05. The lowest BCUT2D eigenvalue weighted by Crippen LogP contribution is -2.28. The highest BCUT2D eigenvalue weighted by Gasteiger charge is 2.14. The average Bonchev–Trinajstić information content (AvgIpc) is 2.35. The van der Waals surface area contributed by atoms with E-state index >= 15 is 0 Å². The molecule has 1 N–H and O–H groups in total. The number of nitrogens with zero attached hydrogens (tertiary/aromatic N) is 1. The van der Waals surface area contributed by atoms with Gasteiger partial charge in [-0.3, -0.25) is 4.79 Å². The average molecular weight is 245 g/mol. The second-order valence-electron chi connectivity index (χ2n) is 3.72. The van der Waals surface area contributed by atoms with Crippen molar-refractivity contribution in [3.05, 3.63) is 71.2 Å². The van der Waals surface area contributed by atoms with Crippen LogP contribution in [0, 0.1) is 0 Å². The van der Waals surface area contributed by atoms with Crippen molar-refractivity contribution in [2.24, 2.45) is 0 Å². The van der Waals surface area contributed by atoms with E-state index in [4.69, 9.17) is 5.11 Å². The Bertz CT molecular complexity index is 567. The predicted octanol–water partition coefficient (Wildman–Crippen LogP) is 2.41. The van der Waals surface area contributed by atoms with Crippen LogP contribution in [-0.4, -0.2) is 15.6 Å². The van der Waals surface area contributed by atoms with Crippen LogP contribution in [0.3, 0.4) is 0 Å². The van der Waals surface area contributed by atoms with E-state index in [1.807, 2.05) is 0 Å². The van der Waals surface area contributed by atoms with E-state index in [1.165, 1.54) is 16.7 Å². The van der Waals surface area contributed by atoms with Gasteiger partial charge >= 0.3 is 5.97 Å². The molecule has 0 bridgehead atoms. The first-order chi connectivity index (χ1) is 8.52. The molecule has 1 atom stereocenters. The monoisotopic (exact) mass is 245 g/mol. The Kier molecular flexibility index (Phi) is 4.43. The Hall–Kier alpha value is -2.36. The number of carboxylic acids is 1. The van der Waals surface area contributed by atoms with E-state index < -0.39 is 11.5 Å². The third kappa shape index (κ3) is 2.66. The van der Waals surface area contributed by atoms with Gasteiger partial charge in [-0.05, 0) is 24.6 Å². The first-order valence-electron chi connectivity index (χ1n) is 5.42. The molecular weight excluding hydrogens is 230 g/mol. The number of rotatable bonds is 5. The van der Waals surface area contributed by atoms with Gasteiger partial charge in [-0.1, -0.05) is 31.4 Å². The highest BCUT2D eigenvalue weighted by atomic mass is 16.4. The van der Waals surface area contributed by atoms with E-state index in [0.717, 1.165) is 5.57 Å². The van der Waals surface area contributed by atoms with Crippen LogP contribution in [0.15, 0.2) is 60.1 Å². The van der Waals surface area contributed by atoms with Crippen molar-refractivity contribution < 1.29 is 9.90 Å². The van der Waals surface area contributed by atoms with Gasteiger partial charge in [0.15, 0.2) is 0 Å². The van der Waals surface area contributed by atoms with Gasteiger partial charge in [0.25, 0.3) is 5.56 Å². The molecule has 0 aromatic carbocycles. The lowest BCUT2D eigenvalue weighted by Gasteiger charge is -2.16. The number of carboxylic acid groups (broad SMARTS) is 1. The van der Waals surface area contributed by atoms with Crippen molar-refractivity contribution in [1.82, 2.24) is 4.57 Å². The molecule has 1 unspecified atom stereocenters. The zero-order valence-electron chi connectivity index (χ0n) is 10.2. The number of allylic oxidation sites excluding steroid dienone is 4. The summed E-state index contributed by atoms with van der Waals surface area (Å²) in [7, 11) is 0. The van der Waals surface area contributed by atoms with Crippen molar-refractivity contribution in [3.63, 3.8) is 0 Å². The summed E-state index contributed by atoms with van der Waals surface area (Å²) in [6.07, 6.45) is 6.50. The minimum Gasteiger partial charge on any atom is -0.477 e. The molecule has 0 aliphatic heterocycles. The molecule has 0 saturated carbocycles. The van der Waals surface area contributed by atoms with Crippen molar-refractivity contribution in [2.75, 3.05) is 0 Å². The van der Waals surface area contributed by atoms with Crippen LogP contribution in [0.5, 0.6) is 0 Å². The van der Waals surface area contributed by atoms with Crippen LogP contribution in [0.1, 0.15) is 23.3 Å². The minimum absolute atomic E-state index is 0.244. The standard InChI is InChI=1S/C14H15NO3/c1-4-7-11(5-2)10(3)15-9-6-8-12(13(15)16)14(17)18/h4-10H,1-2H2,3H3,(H,17,18)/b11-7+. The normalized spacial score (nSPS) is 12.8. The van der Waals surface area contributed by atoms with Crippen LogP contribution in [0.4, 0.5) is 0 Å². The Morgan fingerprint density at radius 2 is 2.17 bits per heavy atom. The fraction of sp³-hybridized carbons (Fsp3) is 0.143. The summed E-state index contributed by atoms with van der Waals surface area (Å²) in [5.41, 5.74) is 0.00955. The number of carbonyl (C=O) groups is 1. The lowest BCUT2D eigenvalue weighted by molar-refractivity contribution is 0.0694. The van der Waals surface area contributed by atoms with Crippen LogP contribution >= 0.6 is 0 Å². The molecule has 94 valence electrons. The molecule has 1 heterocycles. The predicted molar refractivity (Wildman–Crippen MR) is 70.8 cm³/mol. The van der Waals surface area contributed by atoms with Gasteiger partial charge in [0.1, 0.15) is 5.56 Å². The molecule has 0 spiro atoms. The van der Waals surface area contributed by atoms with E-state index in [2.05, 4.69) is 13.2 Å². The maximum atomic E-state index is 12.0. The Morgan fingerprint density at radius 3 is 2.67 bits per heavy atom. The van der Waals surface area contributed by atoms with Crippen LogP contribution < -0.4 is 5.56 Å². The van der Waals surface area contributed by atoms with Crippen LogP contribution in [-0.2, 0) is 0 Å². The number of aromatic carboxylic acids is 1. The van der Waals surface area contributed by atoms with E-state index in [9.17, 15) is 9.59 Å². The Labute approximate surface area is 105 Å². The second kappa shape index (κ2) is 5.82. The maximum Gasteiger partial charge on any atom is 0.341 e. The molecule has 0 radical (unpaired) electrons. The summed E-state index contributed by atoms with van der Waals surface area (Å²) < 4.78 is 1.36. The van der Waals surface area contributed by atoms with E-state index in [-0.39, 0.29) is 11.6 Å². The highest BCUT2D eigenvalue weighted by Crippen LogP contribution is 2.16. The first-order valence-corrected chi connectivity index (χ1v) is 5.42. The maximum absolute atomic E-state index is 12.0. The number of aromatic nitrogens is 1. The number of hydrogen-bond acceptors (Lipinski definition) is 2. The summed E-state index contributed by atoms with van der Waals surface area (Å²) in [6, 6.07) is 2.53. The summed E-state index contributed by atoms with van der Waals surface area (Å²) >= 11 is 0. The van der Waals surface area contributed by atoms with Crippen LogP contribution in [0.2, 0.25) is 0 Å². The molecule has 0 saturated heterocycles. The molecule has 1 aromatic heterocycles. The van der Waals surface area contributed by atoms with Gasteiger partial charge < -0.3 is 9.67 Å². The van der Waals surface area contributed by atoms with Gasteiger partial charge in [0, 0.05) is 6.20 Å². The fourth-order valence-electron chi connectivity index (χ4n) is 1.65. The summed E-state index contributed by atoms with van der Waals surface area (Å²) in [4.78, 5) is 22.9. The van der Waals surface area contributed by atoms with Crippen molar-refractivity contribution in [1.29, 1.82) is 0 Å². The van der Waals surface area contributed by atoms with Crippen molar-refractivity contribution in [3.8, 4) is 0 Å². The molecule has 1 aromatic rings. The van der Waals surface area contributed by atoms with Crippen molar-refractivity contribution >= 4 is 5.97 Å². The SMILES string of the molecule is C=C/C=C(\C=C)C(C)n1cccc(C(=O)O)c1=O. The third-order valence-electron chi connectivity index (χ3n) is 2.65. The third-order valence-corrected chi connectivity index (χ3v) is 2.65. The zero-order chi connectivity index (χ0) is 13.7. The van der Waals surface area contributed by atoms with E-state index in [1.54, 1.807) is 31.3 Å². The molecule has 1 rings (SSSR count). The molecule has 0 aliphatic rings. The molecule has 4 heteroatoms. The summed E-state index contributed by atoms with van der Waals surface area (Å²) in [5, 5.41) is 8.91. The van der Waals surface area contributed by atoms with Gasteiger partial charge in [-0.2, -0.15) is 0 Å². The molecule has 0 aliphatic carbocycles. The first kappa shape index (κ1) is 13.7. The van der Waals surface area contributed by atoms with Crippen molar-refractivity contribution in [2.45, 2.75) is 13.0 Å². The van der Waals surface area contributed by atoms with E-state index in [0.29, 0.717) is 0 Å². The van der Waals surface area contributed by atoms with Gasteiger partial charge in [-0.25, -0.2) is 4.79 Å². The minimum atomic E-state index is -1.23. The number of hydrogen-bond donors (Lipinski definition) is 1. The van der Waals surface area contributed by atoms with Gasteiger partial charge in [0.05, 0.1) is 6.04 Å². The van der Waals surface area contributed by atoms with Crippen LogP contribution in [0.25, 0.3) is 0 Å². The fourth-order valence-corrected chi connectivity index (χ4v) is 1.65. The quantitative estimate of drug-likeness (QED) is 0.810. The smallest absolute Gasteiger partial charge is 0.341 e. The number of pyridine rings is 1. The lowest BCUT2D eigenvalue weighted by atomic mass is 10.1. The molecule has 0 fully saturated rings. The highest BCUT2D eigenvalue weighted by molar-refractivity contribution is 5.87. The molecule has 0 amide bonds. The Morgan fingerprint density at radius 1 is 1.50 bits per heavy atom. The summed E-state index contributed by atoms with van der Waals surface area (Å²) in [5.74, 6) is -1.23. The second-order valence-corrected chi connectivity index (χ2v) is 3.72. The van der Waals surface area contributed by atoms with Gasteiger partial charge in [-0.15, -0.1) is 0 Å².